The molecule has 0 heterocycles. The average molecular weight is 296 g/mol. The Labute approximate surface area is 129 Å². The molecule has 0 spiro atoms. The summed E-state index contributed by atoms with van der Waals surface area (Å²) in [5.74, 6) is 0.286. The van der Waals surface area contributed by atoms with E-state index in [9.17, 15) is 9.90 Å². The molecular weight excluding hydrogens is 267 g/mol. The first-order valence-electron chi connectivity index (χ1n) is 7.85. The minimum atomic E-state index is -0.880. The molecule has 1 N–H and O–H groups in total. The summed E-state index contributed by atoms with van der Waals surface area (Å²) in [7, 11) is 0.545. The predicted molar refractivity (Wildman–Crippen MR) is 85.3 cm³/mol. The van der Waals surface area contributed by atoms with Crippen molar-refractivity contribution in [3.8, 4) is 0 Å². The van der Waals surface area contributed by atoms with Crippen LogP contribution >= 0.6 is 0 Å². The van der Waals surface area contributed by atoms with Crippen LogP contribution in [0.1, 0.15) is 60.3 Å². The van der Waals surface area contributed by atoms with E-state index in [0.29, 0.717) is 26.4 Å². The topological polar surface area (TPSA) is 55.8 Å². The van der Waals surface area contributed by atoms with E-state index >= 15 is 0 Å². The molecule has 1 unspecified atom stereocenters. The van der Waals surface area contributed by atoms with Gasteiger partial charge in [-0.2, -0.15) is 0 Å². The molecule has 0 aromatic carbocycles. The molecule has 0 bridgehead atoms. The third-order valence-corrected chi connectivity index (χ3v) is 4.47. The number of carbonyl (C=O) groups excluding carboxylic acids is 1. The molecule has 21 heavy (non-hydrogen) atoms. The summed E-state index contributed by atoms with van der Waals surface area (Å²) >= 11 is 0. The summed E-state index contributed by atoms with van der Waals surface area (Å²) in [5, 5.41) is 10.1. The molecule has 120 valence electrons. The van der Waals surface area contributed by atoms with Crippen LogP contribution in [0.2, 0.25) is 0 Å². The maximum Gasteiger partial charge on any atom is 0.306 e. The fraction of sp³-hybridized carbons (Fsp3) is 0.812. The van der Waals surface area contributed by atoms with Crippen LogP contribution in [0.25, 0.3) is 0 Å². The number of ether oxygens (including phenoxy) is 1. The zero-order valence-corrected chi connectivity index (χ0v) is 14.1. The molecule has 1 rings (SSSR count). The Morgan fingerprint density at radius 2 is 2.10 bits per heavy atom. The predicted octanol–water partition coefficient (Wildman–Crippen LogP) is 2.54. The van der Waals surface area contributed by atoms with E-state index in [1.54, 1.807) is 13.8 Å². The van der Waals surface area contributed by atoms with E-state index in [2.05, 4.69) is 6.08 Å². The lowest BCUT2D eigenvalue weighted by atomic mass is 9.74. The Bertz CT molecular complexity index is 382. The van der Waals surface area contributed by atoms with Gasteiger partial charge in [0.25, 0.3) is 0 Å². The normalized spacial score (nSPS) is 19.9. The SMILES string of the molecule is CCOC(=O)CC1CC=C(BOC(C)(C)C(C)(C)O)CC1. The van der Waals surface area contributed by atoms with Gasteiger partial charge in [0.1, 0.15) is 0 Å². The molecule has 0 aromatic heterocycles. The van der Waals surface area contributed by atoms with Crippen LogP contribution in [0, 0.1) is 5.92 Å². The number of aliphatic hydroxyl groups is 1. The quantitative estimate of drug-likeness (QED) is 0.579. The van der Waals surface area contributed by atoms with Gasteiger partial charge in [-0.15, -0.1) is 0 Å². The first-order chi connectivity index (χ1) is 9.65. The number of allylic oxidation sites excluding steroid dienone is 2. The number of hydrogen-bond donors (Lipinski definition) is 1. The Balaban J connectivity index is 2.40. The van der Waals surface area contributed by atoms with Gasteiger partial charge >= 0.3 is 13.5 Å². The van der Waals surface area contributed by atoms with Crippen molar-refractivity contribution >= 4 is 13.5 Å². The second-order valence-corrected chi connectivity index (χ2v) is 6.87. The first kappa shape index (κ1) is 18.2. The van der Waals surface area contributed by atoms with Crippen molar-refractivity contribution in [3.63, 3.8) is 0 Å². The number of rotatable bonds is 7. The summed E-state index contributed by atoms with van der Waals surface area (Å²) in [5.41, 5.74) is -0.211. The number of hydrogen-bond acceptors (Lipinski definition) is 4. The van der Waals surface area contributed by atoms with Gasteiger partial charge < -0.3 is 14.5 Å². The van der Waals surface area contributed by atoms with Crippen LogP contribution in [-0.2, 0) is 14.2 Å². The van der Waals surface area contributed by atoms with E-state index in [4.69, 9.17) is 9.39 Å². The minimum absolute atomic E-state index is 0.0984. The van der Waals surface area contributed by atoms with Crippen LogP contribution in [-0.4, -0.2) is 36.4 Å². The van der Waals surface area contributed by atoms with Crippen molar-refractivity contribution in [1.29, 1.82) is 0 Å². The molecule has 0 aliphatic heterocycles. The average Bonchev–Trinajstić information content (AvgIpc) is 2.37. The summed E-state index contributed by atoms with van der Waals surface area (Å²) in [6.07, 6.45) is 5.53. The monoisotopic (exact) mass is 296 g/mol. The zero-order valence-electron chi connectivity index (χ0n) is 14.1. The van der Waals surface area contributed by atoms with Gasteiger partial charge in [-0.05, 0) is 59.8 Å². The van der Waals surface area contributed by atoms with Gasteiger partial charge in [-0.1, -0.05) is 11.5 Å². The smallest absolute Gasteiger partial charge is 0.306 e. The largest absolute Gasteiger partial charge is 0.466 e. The molecular formula is C16H29BO4. The Kier molecular flexibility index (Phi) is 6.48. The Morgan fingerprint density at radius 1 is 1.43 bits per heavy atom. The fourth-order valence-electron chi connectivity index (χ4n) is 2.16. The molecule has 0 amide bonds. The molecule has 0 saturated heterocycles. The van der Waals surface area contributed by atoms with Crippen LogP contribution in [0.5, 0.6) is 0 Å². The summed E-state index contributed by atoms with van der Waals surface area (Å²) in [4.78, 5) is 11.5. The van der Waals surface area contributed by atoms with Gasteiger partial charge in [0.2, 0.25) is 0 Å². The second kappa shape index (κ2) is 7.46. The molecule has 1 atom stereocenters. The zero-order chi connectivity index (χ0) is 16.1. The summed E-state index contributed by atoms with van der Waals surface area (Å²) < 4.78 is 10.9. The molecule has 0 fully saturated rings. The minimum Gasteiger partial charge on any atom is -0.466 e. The fourth-order valence-corrected chi connectivity index (χ4v) is 2.16. The highest BCUT2D eigenvalue weighted by Crippen LogP contribution is 2.29. The van der Waals surface area contributed by atoms with Crippen molar-refractivity contribution in [3.05, 3.63) is 11.5 Å². The third kappa shape index (κ3) is 5.83. The number of carbonyl (C=O) groups is 1. The first-order valence-corrected chi connectivity index (χ1v) is 7.85. The Morgan fingerprint density at radius 3 is 2.57 bits per heavy atom. The lowest BCUT2D eigenvalue weighted by Crippen LogP contribution is -2.48. The maximum atomic E-state index is 11.5. The van der Waals surface area contributed by atoms with Gasteiger partial charge in [0, 0.05) is 6.42 Å². The highest BCUT2D eigenvalue weighted by atomic mass is 16.5. The van der Waals surface area contributed by atoms with Crippen molar-refractivity contribution < 1.29 is 19.3 Å². The molecule has 1 aliphatic carbocycles. The molecule has 1 aliphatic rings. The van der Waals surface area contributed by atoms with Crippen LogP contribution in [0.3, 0.4) is 0 Å². The molecule has 0 saturated carbocycles. The van der Waals surface area contributed by atoms with Gasteiger partial charge in [0.15, 0.2) is 0 Å². The van der Waals surface area contributed by atoms with Crippen LogP contribution < -0.4 is 0 Å². The van der Waals surface area contributed by atoms with E-state index in [0.717, 1.165) is 19.3 Å². The van der Waals surface area contributed by atoms with Gasteiger partial charge in [-0.25, -0.2) is 0 Å². The van der Waals surface area contributed by atoms with Gasteiger partial charge in [0.05, 0.1) is 17.8 Å². The lowest BCUT2D eigenvalue weighted by molar-refractivity contribution is -0.144. The molecule has 4 nitrogen and oxygen atoms in total. The number of esters is 1. The molecule has 0 aromatic rings. The van der Waals surface area contributed by atoms with Gasteiger partial charge in [-0.3, -0.25) is 4.79 Å². The van der Waals surface area contributed by atoms with Crippen molar-refractivity contribution in [2.24, 2.45) is 5.92 Å². The van der Waals surface area contributed by atoms with E-state index < -0.39 is 11.2 Å². The van der Waals surface area contributed by atoms with E-state index in [1.165, 1.54) is 5.47 Å². The van der Waals surface area contributed by atoms with Crippen LogP contribution in [0.15, 0.2) is 11.5 Å². The summed E-state index contributed by atoms with van der Waals surface area (Å²) in [6.45, 7) is 9.61. The Hall–Kier alpha value is -0.805. The maximum absolute atomic E-state index is 11.5. The highest BCUT2D eigenvalue weighted by molar-refractivity contribution is 6.38. The van der Waals surface area contributed by atoms with E-state index in [-0.39, 0.29) is 5.97 Å². The third-order valence-electron chi connectivity index (χ3n) is 4.47. The van der Waals surface area contributed by atoms with Crippen molar-refractivity contribution in [1.82, 2.24) is 0 Å². The summed E-state index contributed by atoms with van der Waals surface area (Å²) in [6, 6.07) is 0. The lowest BCUT2D eigenvalue weighted by Gasteiger charge is -2.38. The van der Waals surface area contributed by atoms with Crippen molar-refractivity contribution in [2.75, 3.05) is 6.61 Å². The standard InChI is InChI=1S/C16H29BO4/c1-6-20-14(18)11-12-7-9-13(10-8-12)17-21-16(4,5)15(2,3)19/h9,12,17,19H,6-8,10-11H2,1-5H3. The highest BCUT2D eigenvalue weighted by Gasteiger charge is 2.36. The molecule has 0 radical (unpaired) electrons. The molecule has 5 heteroatoms. The van der Waals surface area contributed by atoms with Crippen molar-refractivity contribution in [2.45, 2.75) is 71.5 Å². The van der Waals surface area contributed by atoms with E-state index in [1.807, 2.05) is 20.8 Å². The second-order valence-electron chi connectivity index (χ2n) is 6.87. The van der Waals surface area contributed by atoms with Crippen LogP contribution in [0.4, 0.5) is 0 Å².